The molecule has 0 amide bonds. The molecule has 0 aliphatic rings. The monoisotopic (exact) mass is 225 g/mol. The predicted molar refractivity (Wildman–Crippen MR) is 65.1 cm³/mol. The highest BCUT2D eigenvalue weighted by Crippen LogP contribution is 2.14. The van der Waals surface area contributed by atoms with Gasteiger partial charge >= 0.3 is 0 Å². The molecule has 1 aromatic heterocycles. The van der Waals surface area contributed by atoms with E-state index in [1.165, 1.54) is 12.0 Å². The lowest BCUT2D eigenvalue weighted by Crippen LogP contribution is -2.24. The molecule has 1 atom stereocenters. The van der Waals surface area contributed by atoms with Gasteiger partial charge in [-0.3, -0.25) is 0 Å². The first-order chi connectivity index (χ1) is 7.72. The summed E-state index contributed by atoms with van der Waals surface area (Å²) in [5.41, 5.74) is 1.17. The van der Waals surface area contributed by atoms with Gasteiger partial charge in [-0.25, -0.2) is 0 Å². The third-order valence-corrected chi connectivity index (χ3v) is 2.68. The van der Waals surface area contributed by atoms with Crippen molar-refractivity contribution in [1.82, 2.24) is 5.32 Å². The summed E-state index contributed by atoms with van der Waals surface area (Å²) in [6.07, 6.45) is 5.50. The second kappa shape index (κ2) is 7.47. The maximum atomic E-state index is 8.99. The molecule has 92 valence electrons. The van der Waals surface area contributed by atoms with Crippen LogP contribution in [0.5, 0.6) is 0 Å². The summed E-state index contributed by atoms with van der Waals surface area (Å²) in [6, 6.07) is 1.97. The molecule has 2 N–H and O–H groups in total. The summed E-state index contributed by atoms with van der Waals surface area (Å²) < 4.78 is 5.00. The van der Waals surface area contributed by atoms with Crippen molar-refractivity contribution in [3.05, 3.63) is 24.2 Å². The van der Waals surface area contributed by atoms with Crippen molar-refractivity contribution < 1.29 is 9.52 Å². The van der Waals surface area contributed by atoms with Crippen LogP contribution in [-0.4, -0.2) is 18.3 Å². The van der Waals surface area contributed by atoms with Crippen molar-refractivity contribution in [1.29, 1.82) is 0 Å². The molecule has 0 spiro atoms. The number of aliphatic hydroxyl groups is 1. The van der Waals surface area contributed by atoms with E-state index in [9.17, 15) is 0 Å². The van der Waals surface area contributed by atoms with Gasteiger partial charge in [0.2, 0.25) is 0 Å². The second-order valence-electron chi connectivity index (χ2n) is 4.77. The fraction of sp³-hybridized carbons (Fsp3) is 0.692. The molecule has 0 fully saturated rings. The highest BCUT2D eigenvalue weighted by atomic mass is 16.3. The van der Waals surface area contributed by atoms with Crippen LogP contribution in [-0.2, 0) is 6.54 Å². The van der Waals surface area contributed by atoms with Crippen LogP contribution in [0.2, 0.25) is 0 Å². The quantitative estimate of drug-likeness (QED) is 0.714. The zero-order valence-electron chi connectivity index (χ0n) is 10.3. The molecule has 1 rings (SSSR count). The minimum atomic E-state index is 0.283. The number of rotatable bonds is 8. The van der Waals surface area contributed by atoms with Crippen molar-refractivity contribution in [2.45, 2.75) is 33.2 Å². The van der Waals surface area contributed by atoms with E-state index in [-0.39, 0.29) is 6.61 Å². The van der Waals surface area contributed by atoms with Crippen LogP contribution in [0.15, 0.2) is 23.0 Å². The molecule has 0 saturated carbocycles. The van der Waals surface area contributed by atoms with Crippen molar-refractivity contribution >= 4 is 0 Å². The Morgan fingerprint density at radius 3 is 2.81 bits per heavy atom. The van der Waals surface area contributed by atoms with Gasteiger partial charge in [-0.2, -0.15) is 0 Å². The van der Waals surface area contributed by atoms with Crippen LogP contribution < -0.4 is 5.32 Å². The maximum absolute atomic E-state index is 8.99. The third kappa shape index (κ3) is 5.33. The Bertz CT molecular complexity index is 257. The lowest BCUT2D eigenvalue weighted by Gasteiger charge is -2.18. The van der Waals surface area contributed by atoms with Gasteiger partial charge < -0.3 is 14.8 Å². The van der Waals surface area contributed by atoms with E-state index in [2.05, 4.69) is 19.2 Å². The number of hydrogen-bond acceptors (Lipinski definition) is 3. The molecule has 0 aliphatic carbocycles. The van der Waals surface area contributed by atoms with E-state index in [1.807, 2.05) is 6.07 Å². The SMILES string of the molecule is CC(C)CC(CCO)CNCc1ccoc1. The fourth-order valence-electron chi connectivity index (χ4n) is 1.97. The minimum Gasteiger partial charge on any atom is -0.472 e. The summed E-state index contributed by atoms with van der Waals surface area (Å²) >= 11 is 0. The zero-order chi connectivity index (χ0) is 11.8. The molecule has 1 aromatic rings. The second-order valence-corrected chi connectivity index (χ2v) is 4.77. The topological polar surface area (TPSA) is 45.4 Å². The Balaban J connectivity index is 2.21. The smallest absolute Gasteiger partial charge is 0.0947 e. The van der Waals surface area contributed by atoms with Gasteiger partial charge in [0.05, 0.1) is 12.5 Å². The Hall–Kier alpha value is -0.800. The van der Waals surface area contributed by atoms with E-state index in [4.69, 9.17) is 9.52 Å². The summed E-state index contributed by atoms with van der Waals surface area (Å²) in [4.78, 5) is 0. The average molecular weight is 225 g/mol. The summed E-state index contributed by atoms with van der Waals surface area (Å²) in [7, 11) is 0. The van der Waals surface area contributed by atoms with Crippen LogP contribution in [0.25, 0.3) is 0 Å². The molecule has 0 aromatic carbocycles. The van der Waals surface area contributed by atoms with Crippen LogP contribution in [0, 0.1) is 11.8 Å². The lowest BCUT2D eigenvalue weighted by atomic mass is 9.94. The number of nitrogens with one attached hydrogen (secondary N) is 1. The zero-order valence-corrected chi connectivity index (χ0v) is 10.3. The van der Waals surface area contributed by atoms with Gasteiger partial charge in [-0.1, -0.05) is 13.8 Å². The first kappa shape index (κ1) is 13.3. The van der Waals surface area contributed by atoms with Gasteiger partial charge in [0.15, 0.2) is 0 Å². The predicted octanol–water partition coefficient (Wildman–Crippen LogP) is 2.41. The van der Waals surface area contributed by atoms with E-state index < -0.39 is 0 Å². The average Bonchev–Trinajstić information content (AvgIpc) is 2.70. The molecule has 0 radical (unpaired) electrons. The summed E-state index contributed by atoms with van der Waals surface area (Å²) in [6.45, 7) is 6.53. The van der Waals surface area contributed by atoms with Crippen LogP contribution in [0.1, 0.15) is 32.3 Å². The minimum absolute atomic E-state index is 0.283. The molecule has 0 aliphatic heterocycles. The van der Waals surface area contributed by atoms with E-state index in [0.29, 0.717) is 11.8 Å². The van der Waals surface area contributed by atoms with E-state index in [0.717, 1.165) is 19.5 Å². The highest BCUT2D eigenvalue weighted by Gasteiger charge is 2.10. The van der Waals surface area contributed by atoms with Crippen molar-refractivity contribution in [2.24, 2.45) is 11.8 Å². The number of aliphatic hydroxyl groups excluding tert-OH is 1. The third-order valence-electron chi connectivity index (χ3n) is 2.68. The standard InChI is InChI=1S/C13H23NO2/c1-11(2)7-12(3-5-15)8-14-9-13-4-6-16-10-13/h4,6,10-12,14-15H,3,5,7-9H2,1-2H3. The molecule has 0 saturated heterocycles. The Morgan fingerprint density at radius 2 is 2.25 bits per heavy atom. The summed E-state index contributed by atoms with van der Waals surface area (Å²) in [5.74, 6) is 1.25. The van der Waals surface area contributed by atoms with Gasteiger partial charge in [0, 0.05) is 18.7 Å². The molecule has 0 bridgehead atoms. The first-order valence-corrected chi connectivity index (χ1v) is 6.05. The van der Waals surface area contributed by atoms with E-state index >= 15 is 0 Å². The fourth-order valence-corrected chi connectivity index (χ4v) is 1.97. The van der Waals surface area contributed by atoms with Gasteiger partial charge in [-0.15, -0.1) is 0 Å². The molecular weight excluding hydrogens is 202 g/mol. The molecule has 16 heavy (non-hydrogen) atoms. The largest absolute Gasteiger partial charge is 0.472 e. The molecule has 3 heteroatoms. The molecular formula is C13H23NO2. The Kier molecular flexibility index (Phi) is 6.19. The van der Waals surface area contributed by atoms with Gasteiger partial charge in [0.25, 0.3) is 0 Å². The number of hydrogen-bond donors (Lipinski definition) is 2. The lowest BCUT2D eigenvalue weighted by molar-refractivity contribution is 0.239. The van der Waals surface area contributed by atoms with Crippen molar-refractivity contribution in [2.75, 3.05) is 13.2 Å². The summed E-state index contributed by atoms with van der Waals surface area (Å²) in [5, 5.41) is 12.4. The normalized spacial score (nSPS) is 13.2. The van der Waals surface area contributed by atoms with Crippen molar-refractivity contribution in [3.63, 3.8) is 0 Å². The molecule has 1 unspecified atom stereocenters. The number of furan rings is 1. The Morgan fingerprint density at radius 1 is 1.44 bits per heavy atom. The first-order valence-electron chi connectivity index (χ1n) is 6.05. The van der Waals surface area contributed by atoms with Crippen molar-refractivity contribution in [3.8, 4) is 0 Å². The van der Waals surface area contributed by atoms with Gasteiger partial charge in [0.1, 0.15) is 0 Å². The Labute approximate surface area is 97.9 Å². The molecule has 1 heterocycles. The van der Waals surface area contributed by atoms with E-state index in [1.54, 1.807) is 12.5 Å². The van der Waals surface area contributed by atoms with Gasteiger partial charge in [-0.05, 0) is 37.3 Å². The highest BCUT2D eigenvalue weighted by molar-refractivity contribution is 5.04. The van der Waals surface area contributed by atoms with Crippen LogP contribution >= 0.6 is 0 Å². The van der Waals surface area contributed by atoms with Crippen LogP contribution in [0.4, 0.5) is 0 Å². The maximum Gasteiger partial charge on any atom is 0.0947 e. The molecule has 3 nitrogen and oxygen atoms in total. The van der Waals surface area contributed by atoms with Crippen LogP contribution in [0.3, 0.4) is 0 Å².